The number of Topliss-reactive ketones (excluding diaryl/α,β-unsaturated/α-hetero) is 1. The molecule has 3 amide bonds. The van der Waals surface area contributed by atoms with E-state index in [1.165, 1.54) is 4.90 Å². The molecule has 3 aliphatic rings. The van der Waals surface area contributed by atoms with Crippen molar-refractivity contribution >= 4 is 29.7 Å². The van der Waals surface area contributed by atoms with Gasteiger partial charge in [-0.1, -0.05) is 26.7 Å². The summed E-state index contributed by atoms with van der Waals surface area (Å²) >= 11 is 0. The summed E-state index contributed by atoms with van der Waals surface area (Å²) in [5.41, 5.74) is -0.858. The van der Waals surface area contributed by atoms with Crippen molar-refractivity contribution in [3.05, 3.63) is 0 Å². The van der Waals surface area contributed by atoms with Gasteiger partial charge in [-0.05, 0) is 70.1 Å². The number of alkyl carbamates (subject to hydrolysis) is 1. The molecule has 0 bridgehead atoms. The molecule has 1 aliphatic heterocycles. The lowest BCUT2D eigenvalue weighted by atomic mass is 9.81. The van der Waals surface area contributed by atoms with Gasteiger partial charge in [-0.3, -0.25) is 14.4 Å². The summed E-state index contributed by atoms with van der Waals surface area (Å²) in [5.74, 6) is -7.54. The lowest BCUT2D eigenvalue weighted by Crippen LogP contribution is -2.59. The van der Waals surface area contributed by atoms with Gasteiger partial charge in [-0.2, -0.15) is 0 Å². The number of carbonyl (C=O) groups is 5. The largest absolute Gasteiger partial charge is 0.475 e. The number of nitrogens with one attached hydrogen (secondary N) is 2. The molecule has 1 saturated heterocycles. The van der Waals surface area contributed by atoms with E-state index in [2.05, 4.69) is 10.6 Å². The Labute approximate surface area is 233 Å². The predicted octanol–water partition coefficient (Wildman–Crippen LogP) is 3.52. The number of likely N-dealkylation sites (tertiary alicyclic amines) is 1. The predicted molar refractivity (Wildman–Crippen MR) is 140 cm³/mol. The van der Waals surface area contributed by atoms with E-state index >= 15 is 0 Å². The van der Waals surface area contributed by atoms with Crippen molar-refractivity contribution in [3.8, 4) is 0 Å². The molecule has 2 saturated carbocycles. The molecule has 3 fully saturated rings. The zero-order chi connectivity index (χ0) is 30.0. The average Bonchev–Trinajstić information content (AvgIpc) is 3.53. The highest BCUT2D eigenvalue weighted by molar-refractivity contribution is 6.35. The lowest BCUT2D eigenvalue weighted by molar-refractivity contribution is -0.151. The molecular weight excluding hydrogens is 528 g/mol. The third kappa shape index (κ3) is 8.36. The summed E-state index contributed by atoms with van der Waals surface area (Å²) in [6.45, 7) is 8.99. The maximum Gasteiger partial charge on any atom is 0.408 e. The first-order valence-electron chi connectivity index (χ1n) is 14.2. The van der Waals surface area contributed by atoms with E-state index in [4.69, 9.17) is 4.74 Å². The fraction of sp³-hybridized carbons (Fsp3) is 0.821. The molecule has 4 atom stereocenters. The number of carboxylic acids is 1. The Hall–Kier alpha value is -2.79. The molecule has 0 aromatic carbocycles. The van der Waals surface area contributed by atoms with E-state index in [1.54, 1.807) is 20.8 Å². The molecule has 3 rings (SSSR count). The SMILES string of the molecule is CC(C)C1CCN(C(=O)[C@@H](NC(=O)OC(C)(C)C)C2CCC(F)(F)CC2)[C@@H]1C(=O)NC(CC1CC1)C(=O)C(=O)O. The van der Waals surface area contributed by atoms with Crippen molar-refractivity contribution in [2.45, 2.75) is 116 Å². The summed E-state index contributed by atoms with van der Waals surface area (Å²) in [6.07, 6.45) is 0.696. The average molecular weight is 572 g/mol. The first-order chi connectivity index (χ1) is 18.5. The summed E-state index contributed by atoms with van der Waals surface area (Å²) in [4.78, 5) is 65.6. The number of hydrogen-bond donors (Lipinski definition) is 3. The summed E-state index contributed by atoms with van der Waals surface area (Å²) in [7, 11) is 0. The van der Waals surface area contributed by atoms with Crippen LogP contribution in [0, 0.1) is 23.7 Å². The minimum absolute atomic E-state index is 0.00803. The van der Waals surface area contributed by atoms with Crippen molar-refractivity contribution < 1.29 is 42.6 Å². The van der Waals surface area contributed by atoms with Crippen molar-refractivity contribution in [1.29, 1.82) is 0 Å². The zero-order valence-corrected chi connectivity index (χ0v) is 24.0. The Morgan fingerprint density at radius 3 is 2.10 bits per heavy atom. The maximum atomic E-state index is 14.0. The van der Waals surface area contributed by atoms with Gasteiger partial charge in [0.05, 0.1) is 6.04 Å². The van der Waals surface area contributed by atoms with Crippen molar-refractivity contribution in [2.75, 3.05) is 6.54 Å². The van der Waals surface area contributed by atoms with Crippen LogP contribution in [-0.4, -0.2) is 75.9 Å². The standard InChI is InChI=1S/C28H43F2N3O7/c1-15(2)18-10-13-33(21(18)23(35)31-19(14-16-6-7-16)22(34)25(37)38)24(36)20(32-26(39)40-27(3,4)5)17-8-11-28(29,30)12-9-17/h15-21H,6-14H2,1-5H3,(H,31,35)(H,32,39)(H,37,38)/t18?,19?,20-,21-/m0/s1. The molecule has 40 heavy (non-hydrogen) atoms. The number of hydrogen-bond acceptors (Lipinski definition) is 6. The summed E-state index contributed by atoms with van der Waals surface area (Å²) in [5, 5.41) is 14.5. The Morgan fingerprint density at radius 1 is 1.00 bits per heavy atom. The summed E-state index contributed by atoms with van der Waals surface area (Å²) < 4.78 is 33.2. The highest BCUT2D eigenvalue weighted by Gasteiger charge is 2.49. The molecule has 3 N–H and O–H groups in total. The van der Waals surface area contributed by atoms with Crippen molar-refractivity contribution in [1.82, 2.24) is 15.5 Å². The molecule has 0 spiro atoms. The molecule has 0 aromatic heterocycles. The van der Waals surface area contributed by atoms with Gasteiger partial charge in [-0.15, -0.1) is 0 Å². The zero-order valence-electron chi connectivity index (χ0n) is 24.0. The van der Waals surface area contributed by atoms with E-state index in [-0.39, 0.29) is 43.6 Å². The van der Waals surface area contributed by atoms with Crippen LogP contribution in [0.5, 0.6) is 0 Å². The molecule has 12 heteroatoms. The smallest absolute Gasteiger partial charge is 0.408 e. The fourth-order valence-corrected chi connectivity index (χ4v) is 5.81. The van der Waals surface area contributed by atoms with Crippen LogP contribution in [0.2, 0.25) is 0 Å². The second-order valence-electron chi connectivity index (χ2n) is 12.9. The topological polar surface area (TPSA) is 142 Å². The molecule has 0 radical (unpaired) electrons. The Kier molecular flexibility index (Phi) is 9.82. The van der Waals surface area contributed by atoms with Gasteiger partial charge >= 0.3 is 12.1 Å². The van der Waals surface area contributed by atoms with Gasteiger partial charge in [0, 0.05) is 19.4 Å². The van der Waals surface area contributed by atoms with Crippen LogP contribution >= 0.6 is 0 Å². The van der Waals surface area contributed by atoms with Crippen molar-refractivity contribution in [2.24, 2.45) is 23.7 Å². The van der Waals surface area contributed by atoms with Crippen LogP contribution < -0.4 is 10.6 Å². The van der Waals surface area contributed by atoms with Gasteiger partial charge in [0.25, 0.3) is 5.78 Å². The van der Waals surface area contributed by atoms with Gasteiger partial charge in [-0.25, -0.2) is 18.4 Å². The van der Waals surface area contributed by atoms with Crippen LogP contribution in [0.15, 0.2) is 0 Å². The molecule has 2 unspecified atom stereocenters. The Balaban J connectivity index is 1.86. The second kappa shape index (κ2) is 12.4. The Bertz CT molecular complexity index is 983. The first-order valence-corrected chi connectivity index (χ1v) is 14.2. The quantitative estimate of drug-likeness (QED) is 0.341. The number of halogens is 2. The van der Waals surface area contributed by atoms with E-state index in [9.17, 15) is 37.9 Å². The number of amides is 3. The number of ether oxygens (including phenoxy) is 1. The van der Waals surface area contributed by atoms with Gasteiger partial charge in [0.15, 0.2) is 0 Å². The van der Waals surface area contributed by atoms with Crippen LogP contribution in [0.1, 0.15) is 86.0 Å². The number of alkyl halides is 2. The Morgan fingerprint density at radius 2 is 1.60 bits per heavy atom. The molecule has 226 valence electrons. The highest BCUT2D eigenvalue weighted by Crippen LogP contribution is 2.39. The number of rotatable bonds is 10. The monoisotopic (exact) mass is 571 g/mol. The van der Waals surface area contributed by atoms with Crippen molar-refractivity contribution in [3.63, 3.8) is 0 Å². The van der Waals surface area contributed by atoms with Gasteiger partial charge in [0.1, 0.15) is 17.7 Å². The van der Waals surface area contributed by atoms with Gasteiger partial charge in [0.2, 0.25) is 17.7 Å². The normalized spacial score (nSPS) is 24.8. The van der Waals surface area contributed by atoms with E-state index in [0.717, 1.165) is 12.8 Å². The number of carboxylic acid groups (broad SMARTS) is 1. The minimum atomic E-state index is -2.85. The van der Waals surface area contributed by atoms with Crippen LogP contribution in [0.4, 0.5) is 13.6 Å². The fourth-order valence-electron chi connectivity index (χ4n) is 5.81. The lowest BCUT2D eigenvalue weighted by Gasteiger charge is -2.37. The summed E-state index contributed by atoms with van der Waals surface area (Å²) in [6, 6.07) is -3.40. The maximum absolute atomic E-state index is 14.0. The number of nitrogens with zero attached hydrogens (tertiary/aromatic N) is 1. The van der Waals surface area contributed by atoms with E-state index in [0.29, 0.717) is 6.42 Å². The molecule has 1 heterocycles. The number of aliphatic carboxylic acids is 1. The van der Waals surface area contributed by atoms with Crippen LogP contribution in [-0.2, 0) is 23.9 Å². The number of ketones is 1. The third-order valence-electron chi connectivity index (χ3n) is 8.13. The molecular formula is C28H43F2N3O7. The number of carbonyl (C=O) groups excluding carboxylic acids is 4. The third-order valence-corrected chi connectivity index (χ3v) is 8.13. The van der Waals surface area contributed by atoms with Crippen LogP contribution in [0.25, 0.3) is 0 Å². The minimum Gasteiger partial charge on any atom is -0.475 e. The van der Waals surface area contributed by atoms with E-state index < -0.39 is 78.1 Å². The highest BCUT2D eigenvalue weighted by atomic mass is 19.3. The molecule has 0 aromatic rings. The molecule has 10 nitrogen and oxygen atoms in total. The van der Waals surface area contributed by atoms with Crippen LogP contribution in [0.3, 0.4) is 0 Å². The molecule has 2 aliphatic carbocycles. The van der Waals surface area contributed by atoms with E-state index in [1.807, 2.05) is 13.8 Å². The first kappa shape index (κ1) is 31.7. The second-order valence-corrected chi connectivity index (χ2v) is 12.9. The van der Waals surface area contributed by atoms with Gasteiger partial charge < -0.3 is 25.4 Å².